The first-order chi connectivity index (χ1) is 7.50. The van der Waals surface area contributed by atoms with Gasteiger partial charge in [-0.25, -0.2) is 0 Å². The predicted octanol–water partition coefficient (Wildman–Crippen LogP) is 3.26. The third-order valence-electron chi connectivity index (χ3n) is 2.42. The standard InChI is InChI=1S/C13H21BrN2/c1-10(2)8-15-9-11-5-6-12(16(3)4)7-13(11)14/h5-7,10,15H,8-9H2,1-4H3. The molecule has 1 aromatic rings. The zero-order valence-electron chi connectivity index (χ0n) is 10.5. The molecule has 1 aromatic carbocycles. The minimum absolute atomic E-state index is 0.694. The lowest BCUT2D eigenvalue weighted by atomic mass is 10.2. The minimum atomic E-state index is 0.694. The van der Waals surface area contributed by atoms with E-state index in [9.17, 15) is 0 Å². The van der Waals surface area contributed by atoms with Gasteiger partial charge in [-0.1, -0.05) is 35.8 Å². The van der Waals surface area contributed by atoms with Crippen LogP contribution in [0.2, 0.25) is 0 Å². The molecule has 1 rings (SSSR count). The molecule has 0 aliphatic rings. The summed E-state index contributed by atoms with van der Waals surface area (Å²) >= 11 is 3.62. The van der Waals surface area contributed by atoms with Crippen LogP contribution in [0.3, 0.4) is 0 Å². The van der Waals surface area contributed by atoms with E-state index in [0.29, 0.717) is 5.92 Å². The van der Waals surface area contributed by atoms with Gasteiger partial charge in [0.1, 0.15) is 0 Å². The molecule has 0 heterocycles. The molecule has 0 aromatic heterocycles. The van der Waals surface area contributed by atoms with E-state index in [4.69, 9.17) is 0 Å². The lowest BCUT2D eigenvalue weighted by Gasteiger charge is -2.15. The topological polar surface area (TPSA) is 15.3 Å². The van der Waals surface area contributed by atoms with Crippen molar-refractivity contribution in [2.24, 2.45) is 5.92 Å². The first-order valence-electron chi connectivity index (χ1n) is 5.67. The molecule has 0 aliphatic heterocycles. The van der Waals surface area contributed by atoms with Crippen molar-refractivity contribution in [3.05, 3.63) is 28.2 Å². The highest BCUT2D eigenvalue weighted by atomic mass is 79.9. The van der Waals surface area contributed by atoms with Crippen molar-refractivity contribution in [2.75, 3.05) is 25.5 Å². The molecule has 0 radical (unpaired) electrons. The Kier molecular flexibility index (Phi) is 5.29. The average Bonchev–Trinajstić information content (AvgIpc) is 2.19. The van der Waals surface area contributed by atoms with Gasteiger partial charge >= 0.3 is 0 Å². The number of hydrogen-bond acceptors (Lipinski definition) is 2. The lowest BCUT2D eigenvalue weighted by Crippen LogP contribution is -2.19. The first kappa shape index (κ1) is 13.5. The second kappa shape index (κ2) is 6.26. The number of halogens is 1. The number of anilines is 1. The summed E-state index contributed by atoms with van der Waals surface area (Å²) in [6, 6.07) is 6.48. The fraction of sp³-hybridized carbons (Fsp3) is 0.538. The SMILES string of the molecule is CC(C)CNCc1ccc(N(C)C)cc1Br. The van der Waals surface area contributed by atoms with Gasteiger partial charge in [0.15, 0.2) is 0 Å². The van der Waals surface area contributed by atoms with Crippen molar-refractivity contribution in [3.63, 3.8) is 0 Å². The summed E-state index contributed by atoms with van der Waals surface area (Å²) in [4.78, 5) is 2.11. The monoisotopic (exact) mass is 284 g/mol. The number of nitrogens with one attached hydrogen (secondary N) is 1. The number of nitrogens with zero attached hydrogens (tertiary/aromatic N) is 1. The van der Waals surface area contributed by atoms with Crippen molar-refractivity contribution >= 4 is 21.6 Å². The van der Waals surface area contributed by atoms with E-state index in [2.05, 4.69) is 72.3 Å². The maximum Gasteiger partial charge on any atom is 0.0372 e. The number of hydrogen-bond donors (Lipinski definition) is 1. The molecule has 0 fully saturated rings. The van der Waals surface area contributed by atoms with E-state index in [1.165, 1.54) is 15.7 Å². The second-order valence-corrected chi connectivity index (χ2v) is 5.55. The molecule has 1 N–H and O–H groups in total. The Morgan fingerprint density at radius 3 is 2.50 bits per heavy atom. The third-order valence-corrected chi connectivity index (χ3v) is 3.16. The van der Waals surface area contributed by atoms with Crippen molar-refractivity contribution in [1.82, 2.24) is 5.32 Å². The van der Waals surface area contributed by atoms with Crippen LogP contribution in [-0.2, 0) is 6.54 Å². The highest BCUT2D eigenvalue weighted by molar-refractivity contribution is 9.10. The smallest absolute Gasteiger partial charge is 0.0372 e. The van der Waals surface area contributed by atoms with Crippen molar-refractivity contribution < 1.29 is 0 Å². The summed E-state index contributed by atoms with van der Waals surface area (Å²) < 4.78 is 1.18. The molecular formula is C13H21BrN2. The van der Waals surface area contributed by atoms with Gasteiger partial charge in [-0.3, -0.25) is 0 Å². The van der Waals surface area contributed by atoms with Gasteiger partial charge in [0.05, 0.1) is 0 Å². The van der Waals surface area contributed by atoms with Crippen LogP contribution in [0.15, 0.2) is 22.7 Å². The Labute approximate surface area is 107 Å². The zero-order valence-corrected chi connectivity index (χ0v) is 12.1. The Bertz CT molecular complexity index is 335. The summed E-state index contributed by atoms with van der Waals surface area (Å²) in [5, 5.41) is 3.45. The van der Waals surface area contributed by atoms with Crippen LogP contribution in [0.1, 0.15) is 19.4 Å². The summed E-state index contributed by atoms with van der Waals surface area (Å²) in [7, 11) is 4.11. The van der Waals surface area contributed by atoms with Gasteiger partial charge < -0.3 is 10.2 Å². The van der Waals surface area contributed by atoms with Crippen LogP contribution in [0.4, 0.5) is 5.69 Å². The molecule has 0 saturated heterocycles. The molecular weight excluding hydrogens is 264 g/mol. The Morgan fingerprint density at radius 1 is 1.31 bits per heavy atom. The van der Waals surface area contributed by atoms with E-state index < -0.39 is 0 Å². The van der Waals surface area contributed by atoms with Gasteiger partial charge in [0, 0.05) is 30.8 Å². The molecule has 0 atom stereocenters. The Morgan fingerprint density at radius 2 is 2.00 bits per heavy atom. The maximum atomic E-state index is 3.62. The first-order valence-corrected chi connectivity index (χ1v) is 6.46. The summed E-state index contributed by atoms with van der Waals surface area (Å²) in [5.41, 5.74) is 2.53. The molecule has 16 heavy (non-hydrogen) atoms. The molecule has 0 bridgehead atoms. The maximum absolute atomic E-state index is 3.62. The lowest BCUT2D eigenvalue weighted by molar-refractivity contribution is 0.552. The molecule has 0 spiro atoms. The van der Waals surface area contributed by atoms with Crippen molar-refractivity contribution in [2.45, 2.75) is 20.4 Å². The number of rotatable bonds is 5. The van der Waals surface area contributed by atoms with Gasteiger partial charge in [-0.15, -0.1) is 0 Å². The molecule has 0 aliphatic carbocycles. The largest absolute Gasteiger partial charge is 0.378 e. The van der Waals surface area contributed by atoms with Crippen molar-refractivity contribution in [3.8, 4) is 0 Å². The van der Waals surface area contributed by atoms with E-state index in [1.807, 2.05) is 0 Å². The number of benzene rings is 1. The van der Waals surface area contributed by atoms with Crippen LogP contribution in [0, 0.1) is 5.92 Å². The van der Waals surface area contributed by atoms with Crippen LogP contribution in [-0.4, -0.2) is 20.6 Å². The quantitative estimate of drug-likeness (QED) is 0.893. The van der Waals surface area contributed by atoms with Gasteiger partial charge in [0.2, 0.25) is 0 Å². The predicted molar refractivity (Wildman–Crippen MR) is 75.0 cm³/mol. The van der Waals surface area contributed by atoms with Crippen LogP contribution in [0.5, 0.6) is 0 Å². The highest BCUT2D eigenvalue weighted by Crippen LogP contribution is 2.22. The van der Waals surface area contributed by atoms with E-state index in [0.717, 1.165) is 13.1 Å². The van der Waals surface area contributed by atoms with Gasteiger partial charge in [-0.2, -0.15) is 0 Å². The van der Waals surface area contributed by atoms with Gasteiger partial charge in [-0.05, 0) is 30.2 Å². The second-order valence-electron chi connectivity index (χ2n) is 4.69. The van der Waals surface area contributed by atoms with Gasteiger partial charge in [0.25, 0.3) is 0 Å². The average molecular weight is 285 g/mol. The summed E-state index contributed by atoms with van der Waals surface area (Å²) in [6.07, 6.45) is 0. The molecule has 90 valence electrons. The zero-order chi connectivity index (χ0) is 12.1. The van der Waals surface area contributed by atoms with Crippen LogP contribution in [0.25, 0.3) is 0 Å². The fourth-order valence-corrected chi connectivity index (χ4v) is 1.96. The molecule has 0 amide bonds. The minimum Gasteiger partial charge on any atom is -0.378 e. The van der Waals surface area contributed by atoms with Crippen LogP contribution < -0.4 is 10.2 Å². The Balaban J connectivity index is 2.61. The molecule has 0 saturated carbocycles. The van der Waals surface area contributed by atoms with E-state index in [-0.39, 0.29) is 0 Å². The van der Waals surface area contributed by atoms with E-state index >= 15 is 0 Å². The summed E-state index contributed by atoms with van der Waals surface area (Å²) in [6.45, 7) is 6.42. The third kappa shape index (κ3) is 4.14. The summed E-state index contributed by atoms with van der Waals surface area (Å²) in [5.74, 6) is 0.694. The highest BCUT2D eigenvalue weighted by Gasteiger charge is 2.03. The van der Waals surface area contributed by atoms with E-state index in [1.54, 1.807) is 0 Å². The fourth-order valence-electron chi connectivity index (χ4n) is 1.45. The molecule has 0 unspecified atom stereocenters. The normalized spacial score (nSPS) is 10.9. The molecule has 3 heteroatoms. The van der Waals surface area contributed by atoms with Crippen molar-refractivity contribution in [1.29, 1.82) is 0 Å². The molecule has 2 nitrogen and oxygen atoms in total. The van der Waals surface area contributed by atoms with Crippen LogP contribution >= 0.6 is 15.9 Å². The Hall–Kier alpha value is -0.540.